The van der Waals surface area contributed by atoms with Crippen molar-refractivity contribution in [3.8, 4) is 11.5 Å². The van der Waals surface area contributed by atoms with Crippen LogP contribution in [0.4, 0.5) is 0 Å². The molecular weight excluding hydrogens is 480 g/mol. The molecule has 1 aromatic rings. The summed E-state index contributed by atoms with van der Waals surface area (Å²) >= 11 is 0. The van der Waals surface area contributed by atoms with E-state index in [2.05, 4.69) is 0 Å². The second-order valence-electron chi connectivity index (χ2n) is 9.34. The van der Waals surface area contributed by atoms with E-state index in [1.165, 1.54) is 26.5 Å². The van der Waals surface area contributed by atoms with E-state index in [1.807, 2.05) is 0 Å². The minimum atomic E-state index is -1.64. The van der Waals surface area contributed by atoms with Gasteiger partial charge in [-0.05, 0) is 31.2 Å². The SMILES string of the molecule is COc1ccc(C(=O)O[C@H]2C[C@](C)(O)[C@H]3[C@H](O[C@@H]4O[C@@H](CO)[C@@H](O)[C@@H](O)[C@H]4O)OC=C[C@H]32)cc1OC. The van der Waals surface area contributed by atoms with Crippen LogP contribution in [0.25, 0.3) is 0 Å². The van der Waals surface area contributed by atoms with Crippen LogP contribution in [0.3, 0.4) is 0 Å². The van der Waals surface area contributed by atoms with Gasteiger partial charge in [-0.1, -0.05) is 0 Å². The Bertz CT molecular complexity index is 962. The topological polar surface area (TPSA) is 174 Å². The van der Waals surface area contributed by atoms with Crippen LogP contribution in [0.15, 0.2) is 30.5 Å². The van der Waals surface area contributed by atoms with E-state index in [1.54, 1.807) is 25.1 Å². The third kappa shape index (κ3) is 4.90. The van der Waals surface area contributed by atoms with Crippen LogP contribution < -0.4 is 9.47 Å². The van der Waals surface area contributed by atoms with Crippen molar-refractivity contribution in [1.29, 1.82) is 0 Å². The van der Waals surface area contributed by atoms with Crippen molar-refractivity contribution in [2.45, 2.75) is 62.0 Å². The number of hydrogen-bond acceptors (Lipinski definition) is 12. The van der Waals surface area contributed by atoms with Crippen molar-refractivity contribution in [2.24, 2.45) is 11.8 Å². The van der Waals surface area contributed by atoms with Crippen molar-refractivity contribution in [3.63, 3.8) is 0 Å². The second kappa shape index (κ2) is 10.5. The molecule has 36 heavy (non-hydrogen) atoms. The molecule has 3 aliphatic rings. The minimum absolute atomic E-state index is 0.0730. The van der Waals surface area contributed by atoms with Crippen molar-refractivity contribution in [2.75, 3.05) is 20.8 Å². The molecule has 1 aromatic carbocycles. The van der Waals surface area contributed by atoms with E-state index < -0.39 is 73.1 Å². The molecule has 0 radical (unpaired) electrons. The number of hydrogen-bond donors (Lipinski definition) is 5. The maximum absolute atomic E-state index is 12.9. The number of carbonyl (C=O) groups excluding carboxylic acids is 1. The first-order chi connectivity index (χ1) is 17.1. The molecule has 1 saturated heterocycles. The molecular formula is C24H32O12. The minimum Gasteiger partial charge on any atom is -0.493 e. The van der Waals surface area contributed by atoms with Gasteiger partial charge in [0.25, 0.3) is 0 Å². The number of methoxy groups -OCH3 is 2. The van der Waals surface area contributed by atoms with Gasteiger partial charge in [0.2, 0.25) is 6.29 Å². The van der Waals surface area contributed by atoms with Crippen LogP contribution in [0.5, 0.6) is 11.5 Å². The summed E-state index contributed by atoms with van der Waals surface area (Å²) in [7, 11) is 2.94. The van der Waals surface area contributed by atoms with Gasteiger partial charge < -0.3 is 54.0 Å². The fourth-order valence-electron chi connectivity index (χ4n) is 5.06. The lowest BCUT2D eigenvalue weighted by Crippen LogP contribution is -2.60. The summed E-state index contributed by atoms with van der Waals surface area (Å²) in [4.78, 5) is 12.9. The zero-order valence-electron chi connectivity index (χ0n) is 20.1. The third-order valence-electron chi connectivity index (χ3n) is 6.98. The first kappa shape index (κ1) is 26.6. The number of benzene rings is 1. The molecule has 0 unspecified atom stereocenters. The number of aliphatic hydroxyl groups is 5. The smallest absolute Gasteiger partial charge is 0.338 e. The standard InChI is InChI=1S/C24H32O12/c1-24(30)9-15(34-21(29)11-4-5-13(31-2)14(8-11)32-3)12-6-7-33-22(17(12)24)36-23-20(28)19(27)18(26)16(10-25)35-23/h4-8,12,15-20,22-23,25-28,30H,9-10H2,1-3H3/t12-,15-,16-,17+,18+,19+,20+,22-,23-,24-/m0/s1. The van der Waals surface area contributed by atoms with Crippen LogP contribution >= 0.6 is 0 Å². The lowest BCUT2D eigenvalue weighted by atomic mass is 9.85. The number of rotatable bonds is 7. The van der Waals surface area contributed by atoms with E-state index >= 15 is 0 Å². The van der Waals surface area contributed by atoms with Crippen molar-refractivity contribution < 1.29 is 58.7 Å². The predicted octanol–water partition coefficient (Wildman–Crippen LogP) is -0.697. The molecule has 1 aliphatic carbocycles. The van der Waals surface area contributed by atoms with Gasteiger partial charge >= 0.3 is 5.97 Å². The van der Waals surface area contributed by atoms with E-state index in [4.69, 9.17) is 28.4 Å². The van der Waals surface area contributed by atoms with Crippen LogP contribution in [0.2, 0.25) is 0 Å². The molecule has 2 heterocycles. The van der Waals surface area contributed by atoms with Gasteiger partial charge in [-0.3, -0.25) is 0 Å². The van der Waals surface area contributed by atoms with Gasteiger partial charge in [0.1, 0.15) is 30.5 Å². The average Bonchev–Trinajstić information content (AvgIpc) is 3.13. The number of aliphatic hydroxyl groups excluding tert-OH is 4. The lowest BCUT2D eigenvalue weighted by Gasteiger charge is -2.43. The Kier molecular flexibility index (Phi) is 7.76. The van der Waals surface area contributed by atoms with Crippen LogP contribution in [0, 0.1) is 11.8 Å². The Morgan fingerprint density at radius 2 is 1.81 bits per heavy atom. The molecule has 2 aliphatic heterocycles. The van der Waals surface area contributed by atoms with E-state index in [9.17, 15) is 30.3 Å². The summed E-state index contributed by atoms with van der Waals surface area (Å²) < 4.78 is 33.0. The van der Waals surface area contributed by atoms with Crippen LogP contribution in [-0.4, -0.2) is 101 Å². The fraction of sp³-hybridized carbons (Fsp3) is 0.625. The van der Waals surface area contributed by atoms with Gasteiger partial charge in [0, 0.05) is 12.3 Å². The summed E-state index contributed by atoms with van der Waals surface area (Å²) in [6, 6.07) is 4.62. The molecule has 0 amide bonds. The Morgan fingerprint density at radius 1 is 1.08 bits per heavy atom. The molecule has 2 fully saturated rings. The molecule has 12 heteroatoms. The maximum atomic E-state index is 12.9. The van der Waals surface area contributed by atoms with E-state index in [0.717, 1.165) is 0 Å². The van der Waals surface area contributed by atoms with E-state index in [0.29, 0.717) is 11.5 Å². The molecule has 5 N–H and O–H groups in total. The quantitative estimate of drug-likeness (QED) is 0.291. The van der Waals surface area contributed by atoms with Crippen molar-refractivity contribution in [3.05, 3.63) is 36.1 Å². The highest BCUT2D eigenvalue weighted by Gasteiger charge is 2.58. The Labute approximate surface area is 207 Å². The number of fused-ring (bicyclic) bond motifs is 1. The average molecular weight is 513 g/mol. The molecule has 1 saturated carbocycles. The fourth-order valence-corrected chi connectivity index (χ4v) is 5.06. The Balaban J connectivity index is 1.49. The number of esters is 1. The second-order valence-corrected chi connectivity index (χ2v) is 9.34. The first-order valence-electron chi connectivity index (χ1n) is 11.5. The third-order valence-corrected chi connectivity index (χ3v) is 6.98. The summed E-state index contributed by atoms with van der Waals surface area (Å²) in [5.74, 6) is -1.05. The summed E-state index contributed by atoms with van der Waals surface area (Å²) in [5.41, 5.74) is -1.17. The monoisotopic (exact) mass is 512 g/mol. The highest BCUT2D eigenvalue weighted by Crippen LogP contribution is 2.48. The normalized spacial score (nSPS) is 39.7. The van der Waals surface area contributed by atoms with Gasteiger partial charge in [-0.15, -0.1) is 0 Å². The molecule has 0 bridgehead atoms. The maximum Gasteiger partial charge on any atom is 0.338 e. The highest BCUT2D eigenvalue weighted by molar-refractivity contribution is 5.90. The largest absolute Gasteiger partial charge is 0.493 e. The summed E-state index contributed by atoms with van der Waals surface area (Å²) in [6.45, 7) is 0.940. The zero-order chi connectivity index (χ0) is 26.2. The van der Waals surface area contributed by atoms with Gasteiger partial charge in [-0.25, -0.2) is 4.79 Å². The van der Waals surface area contributed by atoms with Gasteiger partial charge in [0.05, 0.1) is 44.2 Å². The Morgan fingerprint density at radius 3 is 2.47 bits per heavy atom. The predicted molar refractivity (Wildman–Crippen MR) is 120 cm³/mol. The van der Waals surface area contributed by atoms with Crippen LogP contribution in [-0.2, 0) is 18.9 Å². The van der Waals surface area contributed by atoms with Gasteiger partial charge in [-0.2, -0.15) is 0 Å². The highest BCUT2D eigenvalue weighted by atomic mass is 16.8. The number of ether oxygens (including phenoxy) is 6. The van der Waals surface area contributed by atoms with Crippen molar-refractivity contribution in [1.82, 2.24) is 0 Å². The summed E-state index contributed by atoms with van der Waals surface area (Å²) in [5, 5.41) is 51.0. The lowest BCUT2D eigenvalue weighted by molar-refractivity contribution is -0.346. The van der Waals surface area contributed by atoms with Gasteiger partial charge in [0.15, 0.2) is 17.8 Å². The number of carbonyl (C=O) groups is 1. The molecule has 0 spiro atoms. The molecule has 200 valence electrons. The molecule has 10 atom stereocenters. The summed E-state index contributed by atoms with van der Waals surface area (Å²) in [6.07, 6.45) is -6.24. The van der Waals surface area contributed by atoms with E-state index in [-0.39, 0.29) is 12.0 Å². The molecule has 4 rings (SSSR count). The molecule has 0 aromatic heterocycles. The first-order valence-corrected chi connectivity index (χ1v) is 11.5. The Hall–Kier alpha value is -2.45. The molecule has 12 nitrogen and oxygen atoms in total. The zero-order valence-corrected chi connectivity index (χ0v) is 20.1. The van der Waals surface area contributed by atoms with Crippen molar-refractivity contribution >= 4 is 5.97 Å². The van der Waals surface area contributed by atoms with Crippen LogP contribution in [0.1, 0.15) is 23.7 Å².